The van der Waals surface area contributed by atoms with Gasteiger partial charge in [-0.05, 0) is 55.7 Å². The Hall–Kier alpha value is -1.65. The lowest BCUT2D eigenvalue weighted by Crippen LogP contribution is -2.35. The van der Waals surface area contributed by atoms with Gasteiger partial charge in [0.2, 0.25) is 0 Å². The maximum absolute atomic E-state index is 10.1. The van der Waals surface area contributed by atoms with Crippen molar-refractivity contribution >= 4 is 0 Å². The van der Waals surface area contributed by atoms with Crippen LogP contribution in [0.15, 0.2) is 30.3 Å². The smallest absolute Gasteiger partial charge is 0.0975 e. The Labute approximate surface area is 150 Å². The van der Waals surface area contributed by atoms with Gasteiger partial charge in [0.15, 0.2) is 0 Å². The molecule has 2 heterocycles. The molecule has 1 aliphatic carbocycles. The van der Waals surface area contributed by atoms with Gasteiger partial charge in [-0.25, -0.2) is 0 Å². The van der Waals surface area contributed by atoms with Crippen LogP contribution < -0.4 is 0 Å². The van der Waals surface area contributed by atoms with Crippen LogP contribution in [-0.2, 0) is 25.9 Å². The third-order valence-electron chi connectivity index (χ3n) is 5.92. The zero-order valence-corrected chi connectivity index (χ0v) is 15.2. The molecule has 1 aromatic heterocycles. The topological polar surface area (TPSA) is 41.3 Å². The maximum Gasteiger partial charge on any atom is 0.0975 e. The molecule has 134 valence electrons. The molecule has 0 spiro atoms. The van der Waals surface area contributed by atoms with Crippen LogP contribution in [-0.4, -0.2) is 32.4 Å². The van der Waals surface area contributed by atoms with Gasteiger partial charge in [-0.3, -0.25) is 9.58 Å². The second-order valence-electron chi connectivity index (χ2n) is 7.53. The minimum atomic E-state index is -0.430. The standard InChI is InChI=1S/C21H29N3O/c1-2-21(25)20-14-19-15-23(12-5-13-24(19)22-20)18-10-8-16-6-3-4-7-17(16)9-11-18/h3-4,6-7,14,18,21,25H,2,5,8-13,15H2,1H3. The zero-order chi connectivity index (χ0) is 17.2. The molecule has 0 fully saturated rings. The number of aliphatic hydroxyl groups excluding tert-OH is 1. The third kappa shape index (κ3) is 3.51. The number of aryl methyl sites for hydroxylation is 3. The van der Waals surface area contributed by atoms with Crippen LogP contribution in [0.3, 0.4) is 0 Å². The quantitative estimate of drug-likeness (QED) is 0.871. The summed E-state index contributed by atoms with van der Waals surface area (Å²) in [4.78, 5) is 2.66. The molecular formula is C21H29N3O. The summed E-state index contributed by atoms with van der Waals surface area (Å²) < 4.78 is 2.12. The van der Waals surface area contributed by atoms with Crippen molar-refractivity contribution < 1.29 is 5.11 Å². The van der Waals surface area contributed by atoms with Crippen molar-refractivity contribution in [1.82, 2.24) is 14.7 Å². The van der Waals surface area contributed by atoms with Crippen LogP contribution in [0.1, 0.15) is 61.2 Å². The summed E-state index contributed by atoms with van der Waals surface area (Å²) in [6.07, 6.45) is 6.30. The summed E-state index contributed by atoms with van der Waals surface area (Å²) in [6, 6.07) is 11.7. The first-order chi connectivity index (χ1) is 12.2. The molecular weight excluding hydrogens is 310 g/mol. The number of hydrogen-bond acceptors (Lipinski definition) is 3. The van der Waals surface area contributed by atoms with E-state index in [1.54, 1.807) is 11.1 Å². The number of nitrogens with zero attached hydrogens (tertiary/aromatic N) is 3. The molecule has 1 aromatic carbocycles. The Morgan fingerprint density at radius 3 is 2.56 bits per heavy atom. The number of aromatic nitrogens is 2. The van der Waals surface area contributed by atoms with Gasteiger partial charge in [-0.15, -0.1) is 0 Å². The van der Waals surface area contributed by atoms with E-state index in [0.717, 1.165) is 38.2 Å². The van der Waals surface area contributed by atoms with Gasteiger partial charge in [-0.1, -0.05) is 31.2 Å². The predicted molar refractivity (Wildman–Crippen MR) is 99.4 cm³/mol. The second-order valence-corrected chi connectivity index (χ2v) is 7.53. The van der Waals surface area contributed by atoms with E-state index in [9.17, 15) is 5.11 Å². The van der Waals surface area contributed by atoms with E-state index in [2.05, 4.69) is 45.0 Å². The average molecular weight is 339 g/mol. The molecule has 4 rings (SSSR count). The average Bonchev–Trinajstić information content (AvgIpc) is 2.81. The van der Waals surface area contributed by atoms with E-state index < -0.39 is 6.10 Å². The highest BCUT2D eigenvalue weighted by atomic mass is 16.3. The number of fused-ring (bicyclic) bond motifs is 2. The minimum absolute atomic E-state index is 0.430. The molecule has 1 unspecified atom stereocenters. The van der Waals surface area contributed by atoms with Crippen molar-refractivity contribution in [1.29, 1.82) is 0 Å². The van der Waals surface area contributed by atoms with Crippen LogP contribution in [0.25, 0.3) is 0 Å². The lowest BCUT2D eigenvalue weighted by molar-refractivity contribution is 0.166. The fourth-order valence-corrected chi connectivity index (χ4v) is 4.39. The Balaban J connectivity index is 1.49. The molecule has 0 bridgehead atoms. The van der Waals surface area contributed by atoms with Crippen molar-refractivity contribution in [2.75, 3.05) is 6.54 Å². The lowest BCUT2D eigenvalue weighted by Gasteiger charge is -2.29. The first-order valence-corrected chi connectivity index (χ1v) is 9.80. The van der Waals surface area contributed by atoms with Crippen LogP contribution in [0.2, 0.25) is 0 Å². The zero-order valence-electron chi connectivity index (χ0n) is 15.2. The first-order valence-electron chi connectivity index (χ1n) is 9.80. The Bertz CT molecular complexity index is 697. The molecule has 0 saturated carbocycles. The highest BCUT2D eigenvalue weighted by Crippen LogP contribution is 2.27. The minimum Gasteiger partial charge on any atom is -0.387 e. The van der Waals surface area contributed by atoms with Gasteiger partial charge in [-0.2, -0.15) is 5.10 Å². The summed E-state index contributed by atoms with van der Waals surface area (Å²) in [5, 5.41) is 14.8. The normalized spacial score (nSPS) is 20.4. The number of aliphatic hydroxyl groups is 1. The highest BCUT2D eigenvalue weighted by molar-refractivity contribution is 5.28. The van der Waals surface area contributed by atoms with Crippen LogP contribution >= 0.6 is 0 Å². The fourth-order valence-electron chi connectivity index (χ4n) is 4.39. The van der Waals surface area contributed by atoms with Gasteiger partial charge in [0, 0.05) is 25.7 Å². The summed E-state index contributed by atoms with van der Waals surface area (Å²) in [5.74, 6) is 0. The van der Waals surface area contributed by atoms with Crippen LogP contribution in [0.5, 0.6) is 0 Å². The third-order valence-corrected chi connectivity index (χ3v) is 5.92. The summed E-state index contributed by atoms with van der Waals surface area (Å²) >= 11 is 0. The largest absolute Gasteiger partial charge is 0.387 e. The summed E-state index contributed by atoms with van der Waals surface area (Å²) in [6.45, 7) is 5.08. The van der Waals surface area contributed by atoms with Gasteiger partial charge in [0.1, 0.15) is 0 Å². The molecule has 1 aliphatic heterocycles. The first kappa shape index (κ1) is 16.8. The van der Waals surface area contributed by atoms with Gasteiger partial charge >= 0.3 is 0 Å². The Kier molecular flexibility index (Phi) is 4.91. The van der Waals surface area contributed by atoms with Crippen molar-refractivity contribution in [3.8, 4) is 0 Å². The SMILES string of the molecule is CCC(O)c1cc2n(n1)CCCN(C1CCc3ccccc3CC1)C2. The number of benzene rings is 1. The number of hydrogen-bond donors (Lipinski definition) is 1. The predicted octanol–water partition coefficient (Wildman–Crippen LogP) is 3.48. The van der Waals surface area contributed by atoms with E-state index in [0.29, 0.717) is 6.04 Å². The van der Waals surface area contributed by atoms with Gasteiger partial charge in [0.05, 0.1) is 17.5 Å². The maximum atomic E-state index is 10.1. The van der Waals surface area contributed by atoms with Gasteiger partial charge < -0.3 is 5.11 Å². The summed E-state index contributed by atoms with van der Waals surface area (Å²) in [7, 11) is 0. The molecule has 0 amide bonds. The molecule has 2 aliphatic rings. The molecule has 4 heteroatoms. The van der Waals surface area contributed by atoms with E-state index in [-0.39, 0.29) is 0 Å². The molecule has 1 N–H and O–H groups in total. The summed E-state index contributed by atoms with van der Waals surface area (Å²) in [5.41, 5.74) is 5.19. The van der Waals surface area contributed by atoms with Crippen molar-refractivity contribution in [2.24, 2.45) is 0 Å². The van der Waals surface area contributed by atoms with E-state index in [1.165, 1.54) is 31.4 Å². The molecule has 1 atom stereocenters. The molecule has 4 nitrogen and oxygen atoms in total. The Morgan fingerprint density at radius 2 is 1.88 bits per heavy atom. The monoisotopic (exact) mass is 339 g/mol. The molecule has 2 aromatic rings. The second kappa shape index (κ2) is 7.30. The lowest BCUT2D eigenvalue weighted by atomic mass is 10.0. The Morgan fingerprint density at radius 1 is 1.16 bits per heavy atom. The molecule has 0 saturated heterocycles. The van der Waals surface area contributed by atoms with Crippen molar-refractivity contribution in [2.45, 2.75) is 70.7 Å². The van der Waals surface area contributed by atoms with E-state index in [4.69, 9.17) is 0 Å². The van der Waals surface area contributed by atoms with Crippen molar-refractivity contribution in [3.05, 3.63) is 52.8 Å². The van der Waals surface area contributed by atoms with Crippen LogP contribution in [0.4, 0.5) is 0 Å². The van der Waals surface area contributed by atoms with E-state index in [1.807, 2.05) is 6.92 Å². The molecule has 25 heavy (non-hydrogen) atoms. The highest BCUT2D eigenvalue weighted by Gasteiger charge is 2.26. The van der Waals surface area contributed by atoms with Gasteiger partial charge in [0.25, 0.3) is 0 Å². The molecule has 0 radical (unpaired) electrons. The number of rotatable bonds is 3. The fraction of sp³-hybridized carbons (Fsp3) is 0.571. The van der Waals surface area contributed by atoms with Crippen molar-refractivity contribution in [3.63, 3.8) is 0 Å². The van der Waals surface area contributed by atoms with E-state index >= 15 is 0 Å². The van der Waals surface area contributed by atoms with Crippen LogP contribution in [0, 0.1) is 0 Å².